The highest BCUT2D eigenvalue weighted by atomic mass is 32.2. The lowest BCUT2D eigenvalue weighted by molar-refractivity contribution is -0.237. The number of hydrogen-bond donors (Lipinski definition) is 0. The summed E-state index contributed by atoms with van der Waals surface area (Å²) in [6, 6.07) is 15.3. The number of carbonyl (C=O) groups excluding carboxylic acids is 4. The summed E-state index contributed by atoms with van der Waals surface area (Å²) in [5, 5.41) is 0.510. The monoisotopic (exact) mass is 614 g/mol. The highest BCUT2D eigenvalue weighted by Crippen LogP contribution is 2.38. The van der Waals surface area contributed by atoms with Crippen LogP contribution in [0.3, 0.4) is 0 Å². The third-order valence-corrected chi connectivity index (χ3v) is 7.59. The van der Waals surface area contributed by atoms with Gasteiger partial charge in [-0.05, 0) is 30.7 Å². The smallest absolute Gasteiger partial charge is 0.303 e. The Morgan fingerprint density at radius 1 is 0.837 bits per heavy atom. The van der Waals surface area contributed by atoms with Crippen LogP contribution in [-0.4, -0.2) is 76.5 Å². The van der Waals surface area contributed by atoms with E-state index in [0.29, 0.717) is 23.8 Å². The molecule has 3 aromatic rings. The van der Waals surface area contributed by atoms with Crippen molar-refractivity contribution >= 4 is 46.7 Å². The topological polar surface area (TPSA) is 141 Å². The number of thioether (sulfide) groups is 1. The number of aryl methyl sites for hydroxylation is 1. The number of ether oxygens (including phenoxy) is 6. The van der Waals surface area contributed by atoms with Gasteiger partial charge in [-0.25, -0.2) is 4.98 Å². The number of hydrogen-bond acceptors (Lipinski definition) is 12. The Labute approximate surface area is 252 Å². The molecule has 0 saturated carbocycles. The normalized spacial score (nSPS) is 21.6. The van der Waals surface area contributed by atoms with Gasteiger partial charge in [-0.15, -0.1) is 0 Å². The second-order valence-electron chi connectivity index (χ2n) is 9.83. The molecule has 0 amide bonds. The predicted molar refractivity (Wildman–Crippen MR) is 154 cm³/mol. The molecule has 1 aliphatic rings. The molecule has 5 unspecified atom stereocenters. The van der Waals surface area contributed by atoms with Crippen LogP contribution in [0.4, 0.5) is 0 Å². The fourth-order valence-electron chi connectivity index (χ4n) is 4.71. The van der Waals surface area contributed by atoms with E-state index in [1.807, 2.05) is 60.0 Å². The van der Waals surface area contributed by atoms with Crippen molar-refractivity contribution in [3.63, 3.8) is 0 Å². The van der Waals surface area contributed by atoms with Crippen LogP contribution in [0.5, 0.6) is 5.75 Å². The van der Waals surface area contributed by atoms with Crippen molar-refractivity contribution in [1.82, 2.24) is 9.55 Å². The van der Waals surface area contributed by atoms with E-state index in [9.17, 15) is 19.2 Å². The number of imidazole rings is 1. The molecule has 2 aromatic carbocycles. The summed E-state index contributed by atoms with van der Waals surface area (Å²) >= 11 is 1.13. The van der Waals surface area contributed by atoms with Gasteiger partial charge >= 0.3 is 23.9 Å². The van der Waals surface area contributed by atoms with Gasteiger partial charge in [-0.3, -0.25) is 19.2 Å². The molecule has 2 heterocycles. The molecule has 4 rings (SSSR count). The van der Waals surface area contributed by atoms with Crippen LogP contribution in [0.15, 0.2) is 53.7 Å². The molecule has 230 valence electrons. The van der Waals surface area contributed by atoms with Crippen molar-refractivity contribution in [3.8, 4) is 5.75 Å². The van der Waals surface area contributed by atoms with Gasteiger partial charge in [0, 0.05) is 27.7 Å². The number of esters is 4. The Kier molecular flexibility index (Phi) is 10.6. The van der Waals surface area contributed by atoms with Gasteiger partial charge in [0.2, 0.25) is 0 Å². The first-order valence-electron chi connectivity index (χ1n) is 13.6. The van der Waals surface area contributed by atoms with Crippen molar-refractivity contribution in [2.24, 2.45) is 0 Å². The maximum atomic E-state index is 12.2. The van der Waals surface area contributed by atoms with E-state index in [0.717, 1.165) is 28.6 Å². The largest absolute Gasteiger partial charge is 0.491 e. The van der Waals surface area contributed by atoms with Crippen LogP contribution in [-0.2, 0) is 49.4 Å². The van der Waals surface area contributed by atoms with E-state index < -0.39 is 53.7 Å². The van der Waals surface area contributed by atoms with Gasteiger partial charge in [0.25, 0.3) is 0 Å². The van der Waals surface area contributed by atoms with Crippen LogP contribution in [0.25, 0.3) is 11.0 Å². The van der Waals surface area contributed by atoms with Gasteiger partial charge in [0.1, 0.15) is 25.1 Å². The predicted octanol–water partition coefficient (Wildman–Crippen LogP) is 3.60. The van der Waals surface area contributed by atoms with Gasteiger partial charge in [0.15, 0.2) is 28.9 Å². The van der Waals surface area contributed by atoms with Crippen LogP contribution in [0.1, 0.15) is 33.3 Å². The highest BCUT2D eigenvalue weighted by Gasteiger charge is 2.52. The van der Waals surface area contributed by atoms with Gasteiger partial charge < -0.3 is 33.0 Å². The SMILES string of the molecule is CC(=O)OCC1OC(Sc2nc3ccccc3n2CCOc2ccccc2C)C(OC(C)=O)C(OC(C)=O)C1OC(C)=O. The Balaban J connectivity index is 1.69. The Bertz CT molecular complexity index is 1470. The number of carbonyl (C=O) groups is 4. The van der Waals surface area contributed by atoms with Gasteiger partial charge in [-0.1, -0.05) is 42.1 Å². The summed E-state index contributed by atoms with van der Waals surface area (Å²) in [6.45, 7) is 7.20. The van der Waals surface area contributed by atoms with Crippen LogP contribution in [0, 0.1) is 6.92 Å². The molecule has 1 fully saturated rings. The van der Waals surface area contributed by atoms with E-state index in [4.69, 9.17) is 33.4 Å². The zero-order chi connectivity index (χ0) is 31.1. The number of aromatic nitrogens is 2. The summed E-state index contributed by atoms with van der Waals surface area (Å²) in [6.07, 6.45) is -4.76. The first kappa shape index (κ1) is 31.8. The first-order valence-corrected chi connectivity index (χ1v) is 14.5. The summed E-state index contributed by atoms with van der Waals surface area (Å²) in [4.78, 5) is 52.9. The maximum Gasteiger partial charge on any atom is 0.303 e. The fraction of sp³-hybridized carbons (Fsp3) is 0.433. The second kappa shape index (κ2) is 14.4. The molecule has 0 aliphatic carbocycles. The van der Waals surface area contributed by atoms with E-state index in [1.165, 1.54) is 27.7 Å². The van der Waals surface area contributed by atoms with Crippen molar-refractivity contribution < 1.29 is 47.6 Å². The molecular formula is C30H34N2O10S. The van der Waals surface area contributed by atoms with Crippen LogP contribution >= 0.6 is 11.8 Å². The minimum Gasteiger partial charge on any atom is -0.491 e. The van der Waals surface area contributed by atoms with E-state index in [1.54, 1.807) is 0 Å². The molecule has 43 heavy (non-hydrogen) atoms. The van der Waals surface area contributed by atoms with E-state index in [2.05, 4.69) is 0 Å². The molecule has 0 N–H and O–H groups in total. The molecule has 0 radical (unpaired) electrons. The molecule has 1 aromatic heterocycles. The molecular weight excluding hydrogens is 580 g/mol. The van der Waals surface area contributed by atoms with Gasteiger partial charge in [-0.2, -0.15) is 0 Å². The molecule has 0 spiro atoms. The third-order valence-electron chi connectivity index (χ3n) is 6.46. The van der Waals surface area contributed by atoms with Crippen LogP contribution in [0.2, 0.25) is 0 Å². The number of benzene rings is 2. The Morgan fingerprint density at radius 2 is 1.47 bits per heavy atom. The molecule has 0 bridgehead atoms. The van der Waals surface area contributed by atoms with E-state index >= 15 is 0 Å². The molecule has 1 aliphatic heterocycles. The van der Waals surface area contributed by atoms with Crippen molar-refractivity contribution in [3.05, 3.63) is 54.1 Å². The molecule has 12 nitrogen and oxygen atoms in total. The van der Waals surface area contributed by atoms with Crippen molar-refractivity contribution in [1.29, 1.82) is 0 Å². The molecule has 5 atom stereocenters. The third kappa shape index (κ3) is 8.26. The average molecular weight is 615 g/mol. The van der Waals surface area contributed by atoms with Crippen molar-refractivity contribution in [2.45, 2.75) is 76.2 Å². The zero-order valence-electron chi connectivity index (χ0n) is 24.5. The lowest BCUT2D eigenvalue weighted by atomic mass is 9.99. The first-order chi connectivity index (χ1) is 20.5. The summed E-state index contributed by atoms with van der Waals surface area (Å²) in [5.41, 5.74) is 1.55. The molecule has 13 heteroatoms. The molecule has 1 saturated heterocycles. The van der Waals surface area contributed by atoms with E-state index in [-0.39, 0.29) is 6.61 Å². The number of nitrogens with zero attached hydrogens (tertiary/aromatic N) is 2. The second-order valence-corrected chi connectivity index (χ2v) is 10.9. The Morgan fingerprint density at radius 3 is 2.14 bits per heavy atom. The van der Waals surface area contributed by atoms with Crippen molar-refractivity contribution in [2.75, 3.05) is 13.2 Å². The van der Waals surface area contributed by atoms with Gasteiger partial charge in [0.05, 0.1) is 17.6 Å². The lowest BCUT2D eigenvalue weighted by Gasteiger charge is -2.44. The fourth-order valence-corrected chi connectivity index (χ4v) is 5.93. The summed E-state index contributed by atoms with van der Waals surface area (Å²) in [5.74, 6) is -1.88. The zero-order valence-corrected chi connectivity index (χ0v) is 25.3. The standard InChI is InChI=1S/C30H34N2O10S/c1-17-10-6-9-13-24(17)37-15-14-32-23-12-8-7-11-22(23)31-30(32)43-29-28(41-21(5)36)27(40-20(4)35)26(39-19(3)34)25(42-29)16-38-18(2)33/h6-13,25-29H,14-16H2,1-5H3. The number of fused-ring (bicyclic) bond motifs is 1. The quantitative estimate of drug-likeness (QED) is 0.230. The maximum absolute atomic E-state index is 12.2. The number of para-hydroxylation sites is 3. The highest BCUT2D eigenvalue weighted by molar-refractivity contribution is 7.99. The minimum atomic E-state index is -1.26. The van der Waals surface area contributed by atoms with Crippen LogP contribution < -0.4 is 4.74 Å². The lowest BCUT2D eigenvalue weighted by Crippen LogP contribution is -2.61. The Hall–Kier alpha value is -4.10. The summed E-state index contributed by atoms with van der Waals surface area (Å²) in [7, 11) is 0. The average Bonchev–Trinajstić information content (AvgIpc) is 3.28. The minimum absolute atomic E-state index is 0.310. The summed E-state index contributed by atoms with van der Waals surface area (Å²) < 4.78 is 36.1. The number of rotatable bonds is 11.